The highest BCUT2D eigenvalue weighted by Gasteiger charge is 2.56. The van der Waals surface area contributed by atoms with Crippen LogP contribution < -0.4 is 0 Å². The first-order valence-corrected chi connectivity index (χ1v) is 10.1. The molecule has 98 valence electrons. The Kier molecular flexibility index (Phi) is 4.21. The molecule has 1 atom stereocenters. The lowest BCUT2D eigenvalue weighted by Gasteiger charge is -2.49. The second-order valence-corrected chi connectivity index (χ2v) is 14.1. The lowest BCUT2D eigenvalue weighted by Crippen LogP contribution is -2.58. The Balaban J connectivity index is 3.35. The SMILES string of the molecule is CC(C)(C)[Si](C)(C)[C@]1(Cl)CC(Br)=CC(Cl)=C1O. The summed E-state index contributed by atoms with van der Waals surface area (Å²) < 4.78 is 0.204. The van der Waals surface area contributed by atoms with E-state index in [4.69, 9.17) is 23.2 Å². The number of hydrogen-bond donors (Lipinski definition) is 1. The van der Waals surface area contributed by atoms with Gasteiger partial charge in [-0.25, -0.2) is 0 Å². The van der Waals surface area contributed by atoms with Crippen molar-refractivity contribution in [2.24, 2.45) is 0 Å². The molecular formula is C12H19BrCl2OSi. The monoisotopic (exact) mass is 356 g/mol. The lowest BCUT2D eigenvalue weighted by molar-refractivity contribution is 0.367. The summed E-state index contributed by atoms with van der Waals surface area (Å²) in [6.07, 6.45) is 2.33. The van der Waals surface area contributed by atoms with Gasteiger partial charge in [0.1, 0.15) is 5.76 Å². The number of aliphatic hydroxyl groups is 1. The van der Waals surface area contributed by atoms with Crippen LogP contribution in [0.3, 0.4) is 0 Å². The van der Waals surface area contributed by atoms with Crippen LogP contribution in [-0.4, -0.2) is 17.7 Å². The fourth-order valence-electron chi connectivity index (χ4n) is 1.87. The van der Waals surface area contributed by atoms with Crippen molar-refractivity contribution in [1.82, 2.24) is 0 Å². The van der Waals surface area contributed by atoms with Crippen LogP contribution >= 0.6 is 39.1 Å². The second kappa shape index (κ2) is 4.59. The summed E-state index contributed by atoms with van der Waals surface area (Å²) in [5.74, 6) is 0.135. The third-order valence-electron chi connectivity index (χ3n) is 4.16. The summed E-state index contributed by atoms with van der Waals surface area (Å²) in [4.78, 5) is 0. The predicted octanol–water partition coefficient (Wildman–Crippen LogP) is 5.70. The predicted molar refractivity (Wildman–Crippen MR) is 82.9 cm³/mol. The first-order chi connectivity index (χ1) is 7.43. The average molecular weight is 358 g/mol. The van der Waals surface area contributed by atoms with Crippen LogP contribution in [0.15, 0.2) is 21.3 Å². The standard InChI is InChI=1S/C12H19BrCl2OSi/c1-11(2,3)17(4,5)12(15)7-8(13)6-9(14)10(12)16/h6,16H,7H2,1-5H3/t12-/m1/s1. The molecule has 0 saturated heterocycles. The van der Waals surface area contributed by atoms with Crippen LogP contribution in [0.1, 0.15) is 27.2 Å². The molecule has 0 aromatic rings. The second-order valence-electron chi connectivity index (χ2n) is 6.14. The average Bonchev–Trinajstić information content (AvgIpc) is 2.11. The van der Waals surface area contributed by atoms with Crippen LogP contribution in [0.25, 0.3) is 0 Å². The minimum atomic E-state index is -1.97. The highest BCUT2D eigenvalue weighted by Crippen LogP contribution is 2.54. The number of aliphatic hydroxyl groups excluding tert-OH is 1. The Hall–Kier alpha value is 0.557. The molecule has 0 saturated carbocycles. The maximum Gasteiger partial charge on any atom is 0.129 e. The van der Waals surface area contributed by atoms with Gasteiger partial charge in [0, 0.05) is 6.42 Å². The summed E-state index contributed by atoms with van der Waals surface area (Å²) in [7, 11) is -1.97. The van der Waals surface area contributed by atoms with Gasteiger partial charge >= 0.3 is 0 Å². The number of hydrogen-bond acceptors (Lipinski definition) is 1. The number of rotatable bonds is 1. The smallest absolute Gasteiger partial charge is 0.129 e. The Morgan fingerprint density at radius 1 is 1.41 bits per heavy atom. The molecule has 0 aromatic carbocycles. The molecule has 1 N–H and O–H groups in total. The Morgan fingerprint density at radius 3 is 2.29 bits per heavy atom. The van der Waals surface area contributed by atoms with Crippen molar-refractivity contribution in [1.29, 1.82) is 0 Å². The molecule has 0 amide bonds. The van der Waals surface area contributed by atoms with E-state index < -0.39 is 12.6 Å². The zero-order chi connectivity index (χ0) is 13.6. The minimum Gasteiger partial charge on any atom is -0.509 e. The van der Waals surface area contributed by atoms with Crippen molar-refractivity contribution in [3.8, 4) is 0 Å². The van der Waals surface area contributed by atoms with E-state index in [1.54, 1.807) is 6.08 Å². The van der Waals surface area contributed by atoms with E-state index in [1.807, 2.05) is 0 Å². The van der Waals surface area contributed by atoms with Gasteiger partial charge in [-0.15, -0.1) is 11.6 Å². The molecule has 0 radical (unpaired) electrons. The summed E-state index contributed by atoms with van der Waals surface area (Å²) in [5, 5.41) is 10.7. The van der Waals surface area contributed by atoms with E-state index in [0.29, 0.717) is 11.5 Å². The van der Waals surface area contributed by atoms with Crippen molar-refractivity contribution in [2.75, 3.05) is 0 Å². The van der Waals surface area contributed by atoms with E-state index >= 15 is 0 Å². The van der Waals surface area contributed by atoms with E-state index in [-0.39, 0.29) is 10.8 Å². The van der Waals surface area contributed by atoms with Crippen LogP contribution in [-0.2, 0) is 0 Å². The normalized spacial score (nSPS) is 27.2. The molecule has 0 spiro atoms. The van der Waals surface area contributed by atoms with Crippen molar-refractivity contribution < 1.29 is 5.11 Å². The van der Waals surface area contributed by atoms with Gasteiger partial charge in [-0.05, 0) is 15.6 Å². The summed E-state index contributed by atoms with van der Waals surface area (Å²) >= 11 is 16.3. The number of alkyl halides is 1. The van der Waals surface area contributed by atoms with E-state index in [0.717, 1.165) is 4.48 Å². The maximum absolute atomic E-state index is 10.3. The van der Waals surface area contributed by atoms with Gasteiger partial charge in [-0.3, -0.25) is 0 Å². The molecule has 1 aliphatic rings. The molecule has 1 nitrogen and oxygen atoms in total. The van der Waals surface area contributed by atoms with E-state index in [1.165, 1.54) is 0 Å². The lowest BCUT2D eigenvalue weighted by atomic mass is 10.1. The fourth-order valence-corrected chi connectivity index (χ4v) is 7.14. The summed E-state index contributed by atoms with van der Waals surface area (Å²) in [6, 6.07) is 0. The van der Waals surface area contributed by atoms with Gasteiger partial charge < -0.3 is 5.11 Å². The summed E-state index contributed by atoms with van der Waals surface area (Å²) in [6.45, 7) is 10.9. The van der Waals surface area contributed by atoms with Gasteiger partial charge in [-0.1, -0.05) is 61.4 Å². The fraction of sp³-hybridized carbons (Fsp3) is 0.667. The van der Waals surface area contributed by atoms with Gasteiger partial charge in [0.05, 0.1) is 17.6 Å². The topological polar surface area (TPSA) is 20.2 Å². The first kappa shape index (κ1) is 15.6. The van der Waals surface area contributed by atoms with Gasteiger partial charge in [0.2, 0.25) is 0 Å². The quantitative estimate of drug-likeness (QED) is 0.471. The van der Waals surface area contributed by atoms with E-state index in [9.17, 15) is 5.11 Å². The Bertz CT molecular complexity index is 396. The molecule has 0 fully saturated rings. The van der Waals surface area contributed by atoms with Crippen LogP contribution in [0, 0.1) is 0 Å². The molecule has 0 aromatic heterocycles. The molecule has 0 bridgehead atoms. The largest absolute Gasteiger partial charge is 0.509 e. The zero-order valence-electron chi connectivity index (χ0n) is 10.9. The third kappa shape index (κ3) is 2.49. The number of halogens is 3. The third-order valence-corrected chi connectivity index (χ3v) is 12.8. The van der Waals surface area contributed by atoms with Crippen molar-refractivity contribution in [3.05, 3.63) is 21.3 Å². The Labute approximate surface area is 123 Å². The Morgan fingerprint density at radius 2 is 1.88 bits per heavy atom. The van der Waals surface area contributed by atoms with Crippen molar-refractivity contribution >= 4 is 47.2 Å². The zero-order valence-corrected chi connectivity index (χ0v) is 15.0. The van der Waals surface area contributed by atoms with Crippen molar-refractivity contribution in [3.63, 3.8) is 0 Å². The highest BCUT2D eigenvalue weighted by atomic mass is 79.9. The minimum absolute atomic E-state index is 0.0739. The first-order valence-electron chi connectivity index (χ1n) is 5.58. The van der Waals surface area contributed by atoms with E-state index in [2.05, 4.69) is 49.8 Å². The summed E-state index contributed by atoms with van der Waals surface area (Å²) in [5.41, 5.74) is 0. The molecule has 0 heterocycles. The molecule has 1 aliphatic carbocycles. The maximum atomic E-state index is 10.3. The van der Waals surface area contributed by atoms with Gasteiger partial charge in [-0.2, -0.15) is 0 Å². The van der Waals surface area contributed by atoms with Crippen LogP contribution in [0.5, 0.6) is 0 Å². The molecule has 1 rings (SSSR count). The van der Waals surface area contributed by atoms with Crippen LogP contribution in [0.2, 0.25) is 18.1 Å². The molecule has 0 unspecified atom stereocenters. The highest BCUT2D eigenvalue weighted by molar-refractivity contribution is 9.11. The number of allylic oxidation sites excluding steroid dienone is 4. The molecule has 5 heteroatoms. The molecule has 0 aliphatic heterocycles. The van der Waals surface area contributed by atoms with Gasteiger partial charge in [0.25, 0.3) is 0 Å². The van der Waals surface area contributed by atoms with Crippen LogP contribution in [0.4, 0.5) is 0 Å². The van der Waals surface area contributed by atoms with Gasteiger partial charge in [0.15, 0.2) is 0 Å². The van der Waals surface area contributed by atoms with Crippen molar-refractivity contribution in [2.45, 2.75) is 49.8 Å². The molecule has 17 heavy (non-hydrogen) atoms. The molecular weight excluding hydrogens is 339 g/mol.